The molecule has 2 aromatic rings. The number of aliphatic hydroxyl groups is 1. The lowest BCUT2D eigenvalue weighted by molar-refractivity contribution is 0.197. The van der Waals surface area contributed by atoms with Gasteiger partial charge in [-0.3, -0.25) is 4.57 Å². The van der Waals surface area contributed by atoms with Crippen molar-refractivity contribution >= 4 is 7.44 Å². The zero-order valence-electron chi connectivity index (χ0n) is 19.5. The van der Waals surface area contributed by atoms with Gasteiger partial charge in [0.1, 0.15) is 5.85 Å². The summed E-state index contributed by atoms with van der Waals surface area (Å²) in [5, 5.41) is 11.5. The van der Waals surface area contributed by atoms with E-state index in [0.717, 1.165) is 32.1 Å². The molecule has 1 aliphatic heterocycles. The molecule has 2 aromatic carbocycles. The molecule has 32 heavy (non-hydrogen) atoms. The summed E-state index contributed by atoms with van der Waals surface area (Å²) in [5.74, 6) is -0.794. The second-order valence-corrected chi connectivity index (χ2v) is 12.3. The lowest BCUT2D eigenvalue weighted by atomic mass is 9.90. The Morgan fingerprint density at radius 3 is 1.81 bits per heavy atom. The van der Waals surface area contributed by atoms with Crippen LogP contribution in [0, 0.1) is 0 Å². The van der Waals surface area contributed by atoms with Gasteiger partial charge in [0, 0.05) is 25.2 Å². The van der Waals surface area contributed by atoms with E-state index in [9.17, 15) is 5.11 Å². The van der Waals surface area contributed by atoms with Crippen LogP contribution in [-0.2, 0) is 17.7 Å². The van der Waals surface area contributed by atoms with E-state index in [4.69, 9.17) is 0 Å². The lowest BCUT2D eigenvalue weighted by Gasteiger charge is -2.35. The lowest BCUT2D eigenvalue weighted by Crippen LogP contribution is -2.39. The Balaban J connectivity index is 1.67. The first-order chi connectivity index (χ1) is 15.6. The summed E-state index contributed by atoms with van der Waals surface area (Å²) in [6, 6.07) is 21.3. The van der Waals surface area contributed by atoms with Crippen molar-refractivity contribution in [1.29, 1.82) is 0 Å². The van der Waals surface area contributed by atoms with Crippen LogP contribution in [0.2, 0.25) is 0 Å². The number of fused-ring (bicyclic) bond motifs is 1. The van der Waals surface area contributed by atoms with E-state index in [1.807, 2.05) is 12.1 Å². The average Bonchev–Trinajstić information content (AvgIpc) is 3.07. The maximum Gasteiger partial charge on any atom is 0.245 e. The van der Waals surface area contributed by atoms with Gasteiger partial charge in [0.15, 0.2) is 0 Å². The number of nitrogens with zero attached hydrogens (tertiary/aromatic N) is 2. The van der Waals surface area contributed by atoms with E-state index in [1.165, 1.54) is 30.4 Å². The Labute approximate surface area is 194 Å². The first kappa shape index (κ1) is 23.7. The third-order valence-electron chi connectivity index (χ3n) is 7.27. The van der Waals surface area contributed by atoms with Gasteiger partial charge < -0.3 is 5.11 Å². The van der Waals surface area contributed by atoms with E-state index in [2.05, 4.69) is 64.8 Å². The predicted molar refractivity (Wildman–Crippen MR) is 132 cm³/mol. The van der Waals surface area contributed by atoms with Gasteiger partial charge in [0.05, 0.1) is 0 Å². The van der Waals surface area contributed by atoms with Crippen molar-refractivity contribution in [2.24, 2.45) is 0 Å². The normalized spacial score (nSPS) is 24.3. The Bertz CT molecular complexity index is 814. The SMILES string of the molecule is CCCCCCC(O)P1(=O)N(Cc2ccccc2)[C@@H]2CCCC[C@H]2N1Cc1ccccc1. The van der Waals surface area contributed by atoms with Crippen molar-refractivity contribution in [3.63, 3.8) is 0 Å². The maximum atomic E-state index is 15.0. The van der Waals surface area contributed by atoms with Gasteiger partial charge in [-0.25, -0.2) is 9.34 Å². The smallest absolute Gasteiger partial charge is 0.245 e. The van der Waals surface area contributed by atoms with Gasteiger partial charge in [-0.1, -0.05) is 106 Å². The molecule has 0 amide bonds. The molecule has 4 rings (SSSR count). The Morgan fingerprint density at radius 1 is 0.844 bits per heavy atom. The number of aliphatic hydroxyl groups excluding tert-OH is 1. The summed E-state index contributed by atoms with van der Waals surface area (Å²) in [6.07, 6.45) is 9.47. The van der Waals surface area contributed by atoms with Gasteiger partial charge in [-0.05, 0) is 30.4 Å². The molecular formula is C27H39N2O2P. The van der Waals surface area contributed by atoms with Crippen LogP contribution in [0.15, 0.2) is 60.7 Å². The number of benzene rings is 2. The van der Waals surface area contributed by atoms with E-state index in [0.29, 0.717) is 19.5 Å². The number of hydrogen-bond donors (Lipinski definition) is 1. The summed E-state index contributed by atoms with van der Waals surface area (Å²) < 4.78 is 19.5. The molecule has 1 unspecified atom stereocenters. The molecule has 2 aliphatic rings. The number of unbranched alkanes of at least 4 members (excludes halogenated alkanes) is 3. The van der Waals surface area contributed by atoms with Gasteiger partial charge >= 0.3 is 0 Å². The first-order valence-corrected chi connectivity index (χ1v) is 14.2. The van der Waals surface area contributed by atoms with E-state index >= 15 is 4.57 Å². The largest absolute Gasteiger partial charge is 0.383 e. The third kappa shape index (κ3) is 5.04. The highest BCUT2D eigenvalue weighted by molar-refractivity contribution is 7.59. The summed E-state index contributed by atoms with van der Waals surface area (Å²) >= 11 is 0. The number of rotatable bonds is 10. The minimum atomic E-state index is -3.14. The molecule has 1 aliphatic carbocycles. The highest BCUT2D eigenvalue weighted by Gasteiger charge is 2.57. The molecule has 0 aromatic heterocycles. The zero-order valence-corrected chi connectivity index (χ0v) is 20.4. The van der Waals surface area contributed by atoms with Crippen molar-refractivity contribution in [3.8, 4) is 0 Å². The molecule has 0 radical (unpaired) electrons. The molecule has 174 valence electrons. The Kier molecular flexibility index (Phi) is 8.23. The van der Waals surface area contributed by atoms with Crippen LogP contribution in [0.1, 0.15) is 75.8 Å². The maximum absolute atomic E-state index is 15.0. The van der Waals surface area contributed by atoms with Crippen LogP contribution in [0.5, 0.6) is 0 Å². The van der Waals surface area contributed by atoms with Crippen molar-refractivity contribution < 1.29 is 9.67 Å². The highest BCUT2D eigenvalue weighted by Crippen LogP contribution is 2.67. The zero-order chi connectivity index (χ0) is 22.4. The Hall–Kier alpha value is -1.45. The van der Waals surface area contributed by atoms with Gasteiger partial charge in [0.2, 0.25) is 7.44 Å². The van der Waals surface area contributed by atoms with Crippen molar-refractivity contribution in [2.75, 3.05) is 0 Å². The van der Waals surface area contributed by atoms with Crippen molar-refractivity contribution in [3.05, 3.63) is 71.8 Å². The average molecular weight is 455 g/mol. The second kappa shape index (κ2) is 11.1. The molecule has 3 atom stereocenters. The standard InChI is InChI=1S/C27H39N2O2P/c1-2-3-4-11-20-27(30)32(31)28(21-23-14-7-5-8-15-23)25-18-12-13-19-26(25)29(32)22-24-16-9-6-10-17-24/h5-10,14-17,25-27,30H,2-4,11-13,18-22H2,1H3/t25-,26-,27?/m1/s1. The summed E-state index contributed by atoms with van der Waals surface area (Å²) in [5.41, 5.74) is 2.36. The van der Waals surface area contributed by atoms with Crippen molar-refractivity contribution in [1.82, 2.24) is 9.34 Å². The minimum Gasteiger partial charge on any atom is -0.383 e. The molecule has 5 heteroatoms. The molecule has 0 bridgehead atoms. The fraction of sp³-hybridized carbons (Fsp3) is 0.556. The highest BCUT2D eigenvalue weighted by atomic mass is 31.2. The van der Waals surface area contributed by atoms with Crippen LogP contribution in [0.25, 0.3) is 0 Å². The summed E-state index contributed by atoms with van der Waals surface area (Å²) in [4.78, 5) is 0. The van der Waals surface area contributed by atoms with E-state index in [-0.39, 0.29) is 12.1 Å². The molecule has 0 spiro atoms. The van der Waals surface area contributed by atoms with Crippen LogP contribution in [-0.4, -0.2) is 32.4 Å². The van der Waals surface area contributed by atoms with Gasteiger partial charge in [0.25, 0.3) is 0 Å². The van der Waals surface area contributed by atoms with Gasteiger partial charge in [-0.2, -0.15) is 0 Å². The van der Waals surface area contributed by atoms with Crippen LogP contribution >= 0.6 is 7.44 Å². The topological polar surface area (TPSA) is 43.8 Å². The molecular weight excluding hydrogens is 415 g/mol. The van der Waals surface area contributed by atoms with Crippen LogP contribution < -0.4 is 0 Å². The minimum absolute atomic E-state index is 0.254. The molecule has 1 N–H and O–H groups in total. The quantitative estimate of drug-likeness (QED) is 0.317. The second-order valence-electron chi connectivity index (χ2n) is 9.50. The van der Waals surface area contributed by atoms with Crippen LogP contribution in [0.3, 0.4) is 0 Å². The summed E-state index contributed by atoms with van der Waals surface area (Å²) in [6.45, 7) is 3.50. The monoisotopic (exact) mass is 454 g/mol. The number of hydrogen-bond acceptors (Lipinski definition) is 2. The molecule has 1 heterocycles. The molecule has 1 saturated carbocycles. The van der Waals surface area contributed by atoms with Crippen LogP contribution in [0.4, 0.5) is 0 Å². The first-order valence-electron chi connectivity index (χ1n) is 12.5. The summed E-state index contributed by atoms with van der Waals surface area (Å²) in [7, 11) is -3.14. The van der Waals surface area contributed by atoms with E-state index in [1.54, 1.807) is 0 Å². The predicted octanol–water partition coefficient (Wildman–Crippen LogP) is 6.80. The van der Waals surface area contributed by atoms with Gasteiger partial charge in [-0.15, -0.1) is 0 Å². The third-order valence-corrected chi connectivity index (χ3v) is 10.7. The Morgan fingerprint density at radius 2 is 1.34 bits per heavy atom. The fourth-order valence-corrected chi connectivity index (χ4v) is 9.22. The van der Waals surface area contributed by atoms with E-state index < -0.39 is 13.3 Å². The molecule has 4 nitrogen and oxygen atoms in total. The van der Waals surface area contributed by atoms with Crippen molar-refractivity contribution in [2.45, 2.75) is 95.7 Å². The molecule has 2 fully saturated rings. The molecule has 1 saturated heterocycles. The fourth-order valence-electron chi connectivity index (χ4n) is 5.60.